The molecule has 0 atom stereocenters. The molecule has 1 amide bonds. The minimum atomic E-state index is -0.483. The Morgan fingerprint density at radius 1 is 0.886 bits per heavy atom. The molecule has 7 heteroatoms. The van der Waals surface area contributed by atoms with E-state index in [1.165, 1.54) is 13.3 Å². The highest BCUT2D eigenvalue weighted by atomic mass is 16.6. The van der Waals surface area contributed by atoms with E-state index in [-0.39, 0.29) is 12.4 Å². The molecule has 0 aliphatic rings. The third kappa shape index (κ3) is 6.03. The van der Waals surface area contributed by atoms with Crippen LogP contribution < -0.4 is 19.6 Å². The van der Waals surface area contributed by atoms with Gasteiger partial charge >= 0.3 is 5.97 Å². The maximum atomic E-state index is 12.4. The first kappa shape index (κ1) is 23.5. The molecule has 0 bridgehead atoms. The lowest BCUT2D eigenvalue weighted by molar-refractivity contribution is -0.123. The fourth-order valence-electron chi connectivity index (χ4n) is 3.37. The second-order valence-electron chi connectivity index (χ2n) is 7.72. The lowest BCUT2D eigenvalue weighted by atomic mass is 10.1. The van der Waals surface area contributed by atoms with Crippen LogP contribution in [0.1, 0.15) is 21.5 Å². The molecule has 0 fully saturated rings. The van der Waals surface area contributed by atoms with Gasteiger partial charge in [0.15, 0.2) is 18.1 Å². The SMILES string of the molecule is COc1cc(/C=N\NC(=O)COc2cccc3ccccc23)ccc1OC(=O)c1ccc(C)cc1. The van der Waals surface area contributed by atoms with Crippen molar-refractivity contribution in [1.29, 1.82) is 0 Å². The summed E-state index contributed by atoms with van der Waals surface area (Å²) in [7, 11) is 1.48. The summed E-state index contributed by atoms with van der Waals surface area (Å²) < 4.78 is 16.5. The smallest absolute Gasteiger partial charge is 0.343 e. The number of aryl methyl sites for hydroxylation is 1. The Morgan fingerprint density at radius 2 is 1.66 bits per heavy atom. The van der Waals surface area contributed by atoms with Gasteiger partial charge in [-0.3, -0.25) is 4.79 Å². The van der Waals surface area contributed by atoms with Crippen molar-refractivity contribution in [3.63, 3.8) is 0 Å². The number of ether oxygens (including phenoxy) is 3. The van der Waals surface area contributed by atoms with E-state index in [2.05, 4.69) is 10.5 Å². The first-order chi connectivity index (χ1) is 17.0. The number of benzene rings is 4. The van der Waals surface area contributed by atoms with Crippen molar-refractivity contribution in [2.24, 2.45) is 5.10 Å². The van der Waals surface area contributed by atoms with Gasteiger partial charge in [0.1, 0.15) is 5.75 Å². The monoisotopic (exact) mass is 468 g/mol. The van der Waals surface area contributed by atoms with E-state index in [9.17, 15) is 9.59 Å². The van der Waals surface area contributed by atoms with Crippen molar-refractivity contribution in [1.82, 2.24) is 5.43 Å². The van der Waals surface area contributed by atoms with E-state index >= 15 is 0 Å². The second-order valence-corrected chi connectivity index (χ2v) is 7.72. The van der Waals surface area contributed by atoms with Gasteiger partial charge in [0.25, 0.3) is 5.91 Å². The molecule has 176 valence electrons. The van der Waals surface area contributed by atoms with Crippen LogP contribution in [0.3, 0.4) is 0 Å². The van der Waals surface area contributed by atoms with Crippen molar-refractivity contribution in [3.05, 3.63) is 102 Å². The number of hydrogen-bond acceptors (Lipinski definition) is 6. The van der Waals surface area contributed by atoms with E-state index < -0.39 is 11.9 Å². The van der Waals surface area contributed by atoms with Crippen LogP contribution >= 0.6 is 0 Å². The number of hydrazone groups is 1. The molecule has 0 heterocycles. The fraction of sp³-hybridized carbons (Fsp3) is 0.107. The third-order valence-corrected chi connectivity index (χ3v) is 5.19. The zero-order chi connectivity index (χ0) is 24.6. The van der Waals surface area contributed by atoms with Crippen molar-refractivity contribution in [3.8, 4) is 17.2 Å². The largest absolute Gasteiger partial charge is 0.493 e. The van der Waals surface area contributed by atoms with Gasteiger partial charge in [0, 0.05) is 5.39 Å². The van der Waals surface area contributed by atoms with Gasteiger partial charge in [-0.2, -0.15) is 5.10 Å². The molecule has 0 unspecified atom stereocenters. The highest BCUT2D eigenvalue weighted by molar-refractivity contribution is 5.92. The van der Waals surface area contributed by atoms with Crippen LogP contribution in [0.2, 0.25) is 0 Å². The normalized spacial score (nSPS) is 10.8. The summed E-state index contributed by atoms with van der Waals surface area (Å²) in [5.41, 5.74) is 4.58. The number of carbonyl (C=O) groups is 2. The van der Waals surface area contributed by atoms with Crippen LogP contribution in [0.5, 0.6) is 17.2 Å². The van der Waals surface area contributed by atoms with Crippen LogP contribution in [0.15, 0.2) is 90.0 Å². The van der Waals surface area contributed by atoms with Gasteiger partial charge in [-0.15, -0.1) is 0 Å². The van der Waals surface area contributed by atoms with Crippen molar-refractivity contribution >= 4 is 28.9 Å². The molecule has 0 aromatic heterocycles. The summed E-state index contributed by atoms with van der Waals surface area (Å²) >= 11 is 0. The summed E-state index contributed by atoms with van der Waals surface area (Å²) in [6, 6.07) is 25.5. The number of amides is 1. The van der Waals surface area contributed by atoms with Gasteiger partial charge < -0.3 is 14.2 Å². The number of carbonyl (C=O) groups excluding carboxylic acids is 2. The minimum Gasteiger partial charge on any atom is -0.493 e. The number of nitrogens with one attached hydrogen (secondary N) is 1. The van der Waals surface area contributed by atoms with Crippen LogP contribution in [0.4, 0.5) is 0 Å². The summed E-state index contributed by atoms with van der Waals surface area (Å²) in [5.74, 6) is 0.387. The van der Waals surface area contributed by atoms with Crippen LogP contribution in [-0.4, -0.2) is 31.8 Å². The zero-order valence-electron chi connectivity index (χ0n) is 19.4. The minimum absolute atomic E-state index is 0.178. The van der Waals surface area contributed by atoms with Crippen molar-refractivity contribution in [2.75, 3.05) is 13.7 Å². The number of fused-ring (bicyclic) bond motifs is 1. The Hall–Kier alpha value is -4.65. The lowest BCUT2D eigenvalue weighted by Crippen LogP contribution is -2.24. The maximum Gasteiger partial charge on any atom is 0.343 e. The number of rotatable bonds is 8. The molecule has 0 aliphatic carbocycles. The molecule has 35 heavy (non-hydrogen) atoms. The lowest BCUT2D eigenvalue weighted by Gasteiger charge is -2.10. The average molecular weight is 469 g/mol. The van der Waals surface area contributed by atoms with Crippen molar-refractivity contribution in [2.45, 2.75) is 6.92 Å². The molecule has 0 aliphatic heterocycles. The number of methoxy groups -OCH3 is 1. The number of nitrogens with zero attached hydrogens (tertiary/aromatic N) is 1. The van der Waals surface area contributed by atoms with E-state index in [1.54, 1.807) is 30.3 Å². The highest BCUT2D eigenvalue weighted by Gasteiger charge is 2.13. The molecule has 0 saturated heterocycles. The Kier molecular flexibility index (Phi) is 7.37. The first-order valence-electron chi connectivity index (χ1n) is 10.9. The van der Waals surface area contributed by atoms with Crippen LogP contribution in [0, 0.1) is 6.92 Å². The third-order valence-electron chi connectivity index (χ3n) is 5.19. The summed E-state index contributed by atoms with van der Waals surface area (Å²) in [5, 5.41) is 5.93. The molecule has 4 rings (SSSR count). The number of esters is 1. The molecule has 0 radical (unpaired) electrons. The van der Waals surface area contributed by atoms with E-state index in [1.807, 2.05) is 61.5 Å². The quantitative estimate of drug-likeness (QED) is 0.172. The fourth-order valence-corrected chi connectivity index (χ4v) is 3.37. The average Bonchev–Trinajstić information content (AvgIpc) is 2.88. The van der Waals surface area contributed by atoms with Gasteiger partial charge in [0.2, 0.25) is 0 Å². The number of hydrogen-bond donors (Lipinski definition) is 1. The summed E-state index contributed by atoms with van der Waals surface area (Å²) in [6.07, 6.45) is 1.46. The molecule has 4 aromatic rings. The predicted octanol–water partition coefficient (Wildman–Crippen LogP) is 4.91. The maximum absolute atomic E-state index is 12.4. The molecule has 7 nitrogen and oxygen atoms in total. The molecule has 0 saturated carbocycles. The Labute approximate surface area is 202 Å². The van der Waals surface area contributed by atoms with Gasteiger partial charge in [-0.25, -0.2) is 10.2 Å². The second kappa shape index (κ2) is 11.0. The predicted molar refractivity (Wildman–Crippen MR) is 134 cm³/mol. The summed E-state index contributed by atoms with van der Waals surface area (Å²) in [4.78, 5) is 24.6. The van der Waals surface area contributed by atoms with E-state index in [0.717, 1.165) is 16.3 Å². The van der Waals surface area contributed by atoms with E-state index in [4.69, 9.17) is 14.2 Å². The zero-order valence-corrected chi connectivity index (χ0v) is 19.4. The molecule has 0 spiro atoms. The van der Waals surface area contributed by atoms with Crippen LogP contribution in [0.25, 0.3) is 10.8 Å². The Morgan fingerprint density at radius 3 is 2.46 bits per heavy atom. The summed E-state index contributed by atoms with van der Waals surface area (Å²) in [6.45, 7) is 1.77. The van der Waals surface area contributed by atoms with Gasteiger partial charge in [-0.05, 0) is 54.3 Å². The molecular formula is C28H24N2O5. The molecular weight excluding hydrogens is 444 g/mol. The topological polar surface area (TPSA) is 86.2 Å². The standard InChI is InChI=1S/C28H24N2O5/c1-19-10-13-22(14-11-19)28(32)35-25-15-12-20(16-26(25)33-2)17-29-30-27(31)18-34-24-9-5-7-21-6-3-4-8-23(21)24/h3-17H,18H2,1-2H3,(H,30,31)/b29-17-. The van der Waals surface area contributed by atoms with Gasteiger partial charge in [0.05, 0.1) is 18.9 Å². The molecule has 4 aromatic carbocycles. The first-order valence-corrected chi connectivity index (χ1v) is 10.9. The van der Waals surface area contributed by atoms with Gasteiger partial charge in [-0.1, -0.05) is 54.1 Å². The van der Waals surface area contributed by atoms with Crippen molar-refractivity contribution < 1.29 is 23.8 Å². The molecule has 1 N–H and O–H groups in total. The Bertz CT molecular complexity index is 1370. The van der Waals surface area contributed by atoms with Crippen LogP contribution in [-0.2, 0) is 4.79 Å². The Balaban J connectivity index is 1.34. The van der Waals surface area contributed by atoms with E-state index in [0.29, 0.717) is 22.6 Å². The highest BCUT2D eigenvalue weighted by Crippen LogP contribution is 2.28.